The van der Waals surface area contributed by atoms with Crippen LogP contribution in [0.2, 0.25) is 0 Å². The summed E-state index contributed by atoms with van der Waals surface area (Å²) in [5, 5.41) is 9.45. The summed E-state index contributed by atoms with van der Waals surface area (Å²) in [7, 11) is 2.81. The van der Waals surface area contributed by atoms with Gasteiger partial charge in [0.1, 0.15) is 0 Å². The van der Waals surface area contributed by atoms with E-state index in [0.717, 1.165) is 23.7 Å². The molecule has 1 aliphatic heterocycles. The normalized spacial score (nSPS) is 37.6. The van der Waals surface area contributed by atoms with Gasteiger partial charge in [-0.05, 0) is 166 Å². The summed E-state index contributed by atoms with van der Waals surface area (Å²) < 4.78 is 0. The molecule has 1 saturated heterocycles. The predicted molar refractivity (Wildman–Crippen MR) is 221 cm³/mol. The fraction of sp³-hybridized carbons (Fsp3) is 0.739. The van der Waals surface area contributed by atoms with Crippen molar-refractivity contribution in [1.82, 2.24) is 9.80 Å². The summed E-state index contributed by atoms with van der Waals surface area (Å²) in [5.74, 6) is 10.3. The number of benzene rings is 1. The van der Waals surface area contributed by atoms with Crippen molar-refractivity contribution in [2.75, 3.05) is 51.3 Å². The molecule has 0 radical (unpaired) electrons. The van der Waals surface area contributed by atoms with Gasteiger partial charge in [0.05, 0.1) is 5.56 Å². The molecular formula is C46H72N2O2S. The van der Waals surface area contributed by atoms with Crippen molar-refractivity contribution in [3.63, 3.8) is 0 Å². The van der Waals surface area contributed by atoms with Gasteiger partial charge in [0.25, 0.3) is 0 Å². The van der Waals surface area contributed by atoms with E-state index in [0.29, 0.717) is 38.2 Å². The molecule has 7 rings (SSSR count). The maximum absolute atomic E-state index is 11.5. The van der Waals surface area contributed by atoms with Gasteiger partial charge in [0.15, 0.2) is 0 Å². The van der Waals surface area contributed by atoms with Crippen molar-refractivity contribution >= 4 is 27.9 Å². The number of likely N-dealkylation sites (N-methyl/N-ethyl adjacent to an activating group) is 1. The van der Waals surface area contributed by atoms with Gasteiger partial charge in [-0.1, -0.05) is 63.8 Å². The van der Waals surface area contributed by atoms with E-state index in [1.807, 2.05) is 13.8 Å². The number of carbonyl (C=O) groups is 1. The molecule has 4 nitrogen and oxygen atoms in total. The number of nitrogens with zero attached hydrogens (tertiary/aromatic N) is 2. The number of rotatable bonds is 8. The van der Waals surface area contributed by atoms with Crippen LogP contribution in [0.5, 0.6) is 0 Å². The van der Waals surface area contributed by atoms with Crippen LogP contribution in [0.4, 0.5) is 0 Å². The largest absolute Gasteiger partial charge is 0.478 e. The average molecular weight is 717 g/mol. The second-order valence-electron chi connectivity index (χ2n) is 19.5. The highest BCUT2D eigenvalue weighted by Crippen LogP contribution is 2.73. The maximum atomic E-state index is 11.5. The van der Waals surface area contributed by atoms with Crippen molar-refractivity contribution < 1.29 is 9.90 Å². The van der Waals surface area contributed by atoms with Crippen LogP contribution in [0, 0.1) is 51.2 Å². The van der Waals surface area contributed by atoms with Gasteiger partial charge >= 0.3 is 5.97 Å². The molecule has 284 valence electrons. The topological polar surface area (TPSA) is 43.8 Å². The summed E-state index contributed by atoms with van der Waals surface area (Å²) in [4.78, 5) is 16.9. The molecule has 51 heavy (non-hydrogen) atoms. The molecule has 1 aromatic rings. The third kappa shape index (κ3) is 7.53. The predicted octanol–water partition coefficient (Wildman–Crippen LogP) is 10.8. The highest BCUT2D eigenvalue weighted by Gasteiger charge is 2.65. The summed E-state index contributed by atoms with van der Waals surface area (Å²) in [5.41, 5.74) is 5.69. The van der Waals surface area contributed by atoms with Gasteiger partial charge in [-0.25, -0.2) is 4.79 Å². The highest BCUT2D eigenvalue weighted by molar-refractivity contribution is 8.14. The Morgan fingerprint density at radius 1 is 0.902 bits per heavy atom. The molecule has 7 unspecified atom stereocenters. The van der Waals surface area contributed by atoms with Crippen LogP contribution in [0.3, 0.4) is 0 Å². The second kappa shape index (κ2) is 15.2. The van der Waals surface area contributed by atoms with Gasteiger partial charge in [0, 0.05) is 37.7 Å². The molecule has 0 bridgehead atoms. The molecule has 1 aromatic carbocycles. The van der Waals surface area contributed by atoms with Gasteiger partial charge < -0.3 is 14.9 Å². The number of carboxylic acids is 1. The van der Waals surface area contributed by atoms with Crippen LogP contribution in [-0.4, -0.2) is 78.0 Å². The summed E-state index contributed by atoms with van der Waals surface area (Å²) >= 11 is 0. The van der Waals surface area contributed by atoms with Crippen LogP contribution in [-0.2, 0) is 0 Å². The molecule has 8 atom stereocenters. The summed E-state index contributed by atoms with van der Waals surface area (Å²) in [6.45, 7) is 24.2. The minimum Gasteiger partial charge on any atom is -0.478 e. The first-order valence-corrected chi connectivity index (χ1v) is 22.4. The monoisotopic (exact) mass is 717 g/mol. The van der Waals surface area contributed by atoms with E-state index in [-0.39, 0.29) is 5.41 Å². The van der Waals surface area contributed by atoms with E-state index in [1.165, 1.54) is 132 Å². The zero-order valence-electron chi connectivity index (χ0n) is 33.6. The van der Waals surface area contributed by atoms with Gasteiger partial charge in [-0.3, -0.25) is 0 Å². The van der Waals surface area contributed by atoms with E-state index >= 15 is 0 Å². The number of allylic oxidation sites excluding steroid dienone is 3. The minimum absolute atomic E-state index is 0.0824. The maximum Gasteiger partial charge on any atom is 0.335 e. The first-order valence-electron chi connectivity index (χ1n) is 20.7. The Kier molecular flexibility index (Phi) is 11.6. The van der Waals surface area contributed by atoms with E-state index < -0.39 is 5.97 Å². The second-order valence-corrected chi connectivity index (χ2v) is 21.5. The Balaban J connectivity index is 0.00000107. The highest BCUT2D eigenvalue weighted by atomic mass is 32.2. The fourth-order valence-corrected chi connectivity index (χ4v) is 14.7. The van der Waals surface area contributed by atoms with E-state index in [4.69, 9.17) is 0 Å². The smallest absolute Gasteiger partial charge is 0.335 e. The third-order valence-corrected chi connectivity index (χ3v) is 17.4. The lowest BCUT2D eigenvalue weighted by molar-refractivity contribution is -0.178. The Morgan fingerprint density at radius 3 is 2.25 bits per heavy atom. The summed E-state index contributed by atoms with van der Waals surface area (Å²) in [6.07, 6.45) is 18.2. The van der Waals surface area contributed by atoms with Crippen LogP contribution >= 0.6 is 10.5 Å². The molecule has 6 aliphatic rings. The summed E-state index contributed by atoms with van der Waals surface area (Å²) in [6, 6.07) is 7.69. The Morgan fingerprint density at radius 2 is 1.59 bits per heavy atom. The molecule has 4 saturated carbocycles. The lowest BCUT2D eigenvalue weighted by Gasteiger charge is -2.68. The number of aromatic carboxylic acids is 1. The van der Waals surface area contributed by atoms with Crippen molar-refractivity contribution in [1.29, 1.82) is 0 Å². The Bertz CT molecular complexity index is 1470. The van der Waals surface area contributed by atoms with E-state index in [9.17, 15) is 9.90 Å². The van der Waals surface area contributed by atoms with Crippen molar-refractivity contribution in [2.24, 2.45) is 51.2 Å². The van der Waals surface area contributed by atoms with Crippen LogP contribution in [0.1, 0.15) is 128 Å². The van der Waals surface area contributed by atoms with Crippen LogP contribution < -0.4 is 0 Å². The molecule has 5 aliphatic carbocycles. The van der Waals surface area contributed by atoms with E-state index in [2.05, 4.69) is 75.2 Å². The van der Waals surface area contributed by atoms with Crippen molar-refractivity contribution in [2.45, 2.75) is 112 Å². The minimum atomic E-state index is -0.843. The van der Waals surface area contributed by atoms with Gasteiger partial charge in [0.2, 0.25) is 0 Å². The quantitative estimate of drug-likeness (QED) is 0.215. The molecular weight excluding hydrogens is 645 g/mol. The van der Waals surface area contributed by atoms with Gasteiger partial charge in [-0.15, -0.1) is 6.58 Å². The van der Waals surface area contributed by atoms with Gasteiger partial charge in [-0.2, -0.15) is 10.5 Å². The third-order valence-electron chi connectivity index (χ3n) is 15.9. The molecule has 5 heteroatoms. The first kappa shape index (κ1) is 39.0. The fourth-order valence-electron chi connectivity index (χ4n) is 13.5. The number of fused-ring (bicyclic) bond motifs is 7. The first-order chi connectivity index (χ1) is 24.1. The zero-order chi connectivity index (χ0) is 36.8. The Hall–Kier alpha value is -1.69. The molecule has 0 amide bonds. The number of hydrogen-bond acceptors (Lipinski definition) is 3. The van der Waals surface area contributed by atoms with Crippen molar-refractivity contribution in [3.8, 4) is 0 Å². The van der Waals surface area contributed by atoms with Crippen LogP contribution in [0.15, 0.2) is 42.5 Å². The molecule has 0 aromatic heterocycles. The average Bonchev–Trinajstić information content (AvgIpc) is 3.51. The molecule has 0 spiro atoms. The molecule has 1 N–H and O–H groups in total. The standard InChI is InChI=1S/C42H64N2O2S.C4H8/c1-39(2)33(30-9-11-31(12-10-30)38(45)46)15-19-41(4)36(39)17-20-40(3)34-16-21-42(18-7-8-35(42)32(34)13-14-37(40)41)22-23-43(5)24-25-44-26-28-47(6)29-27-44;1-4(2)3/h9-12,15,32,34-37H,6-8,13-14,16-29H2,1-5H3,(H,45,46);1H2,2-3H3/t32?,34?,35-,36?,37?,40?,41?,42?;/m1./s1. The molecule has 1 heterocycles. The molecule has 5 fully saturated rings. The number of hydrogen-bond donors (Lipinski definition) is 1. The SMILES string of the molecule is C=C(C)C.C=S1CCN(CCN(C)CCC23CCC[C@@H]2C2CCC4C(C)(CCC5C(C)(C)C(c6ccc(C(=O)O)cc6)=CCC54C)C2CC3)CC1. The van der Waals surface area contributed by atoms with Crippen LogP contribution in [0.25, 0.3) is 5.57 Å². The number of carboxylic acid groups (broad SMARTS) is 1. The Labute approximate surface area is 314 Å². The lowest BCUT2D eigenvalue weighted by Crippen LogP contribution is -2.61. The zero-order valence-corrected chi connectivity index (χ0v) is 34.4. The van der Waals surface area contributed by atoms with E-state index in [1.54, 1.807) is 12.1 Å². The lowest BCUT2D eigenvalue weighted by atomic mass is 9.36. The van der Waals surface area contributed by atoms with Crippen molar-refractivity contribution in [3.05, 3.63) is 53.6 Å².